The highest BCUT2D eigenvalue weighted by Crippen LogP contribution is 2.36. The predicted octanol–water partition coefficient (Wildman–Crippen LogP) is 6.40. The van der Waals surface area contributed by atoms with Crippen LogP contribution in [0.15, 0.2) is 36.4 Å². The lowest BCUT2D eigenvalue weighted by Crippen LogP contribution is -2.36. The van der Waals surface area contributed by atoms with E-state index in [0.717, 1.165) is 25.7 Å². The molecule has 0 radical (unpaired) electrons. The Hall–Kier alpha value is -3.03. The molecule has 2 aromatic carbocycles. The number of carbonyl (C=O) groups is 2. The monoisotopic (exact) mass is 529 g/mol. The van der Waals surface area contributed by atoms with Gasteiger partial charge < -0.3 is 14.8 Å². The first kappa shape index (κ1) is 26.0. The maximum atomic E-state index is 13.4. The number of ether oxygens (including phenoxy) is 2. The summed E-state index contributed by atoms with van der Waals surface area (Å²) in [6, 6.07) is 10.3. The number of amides is 1. The van der Waals surface area contributed by atoms with E-state index in [1.807, 2.05) is 6.92 Å². The van der Waals surface area contributed by atoms with E-state index in [1.165, 1.54) is 13.5 Å². The van der Waals surface area contributed by atoms with Gasteiger partial charge >= 0.3 is 5.97 Å². The van der Waals surface area contributed by atoms with Crippen LogP contribution in [-0.2, 0) is 4.74 Å². The molecule has 190 valence electrons. The quantitative estimate of drug-likeness (QED) is 0.358. The first-order chi connectivity index (χ1) is 17.3. The second-order valence-corrected chi connectivity index (χ2v) is 9.61. The van der Waals surface area contributed by atoms with Gasteiger partial charge in [-0.2, -0.15) is 5.10 Å². The Morgan fingerprint density at radius 1 is 1.11 bits per heavy atom. The van der Waals surface area contributed by atoms with E-state index in [0.29, 0.717) is 43.9 Å². The third-order valence-corrected chi connectivity index (χ3v) is 6.93. The van der Waals surface area contributed by atoms with Gasteiger partial charge in [0.15, 0.2) is 5.69 Å². The molecule has 36 heavy (non-hydrogen) atoms. The summed E-state index contributed by atoms with van der Waals surface area (Å²) < 4.78 is 12.3. The van der Waals surface area contributed by atoms with Gasteiger partial charge in [-0.25, -0.2) is 9.48 Å². The van der Waals surface area contributed by atoms with E-state index >= 15 is 0 Å². The Balaban J connectivity index is 1.90. The van der Waals surface area contributed by atoms with Crippen molar-refractivity contribution in [2.75, 3.05) is 13.7 Å². The van der Waals surface area contributed by atoms with Crippen LogP contribution in [0.25, 0.3) is 16.9 Å². The zero-order valence-corrected chi connectivity index (χ0v) is 22.1. The summed E-state index contributed by atoms with van der Waals surface area (Å²) in [6.45, 7) is 3.78. The van der Waals surface area contributed by atoms with Crippen LogP contribution in [0.5, 0.6) is 5.75 Å². The molecular weight excluding hydrogens is 501 g/mol. The molecule has 0 saturated heterocycles. The average Bonchev–Trinajstić information content (AvgIpc) is 3.21. The van der Waals surface area contributed by atoms with E-state index in [9.17, 15) is 9.59 Å². The minimum absolute atomic E-state index is 0.120. The van der Waals surface area contributed by atoms with Crippen LogP contribution in [0.1, 0.15) is 65.4 Å². The van der Waals surface area contributed by atoms with Crippen molar-refractivity contribution in [2.45, 2.75) is 52.0 Å². The number of aromatic nitrogens is 2. The molecule has 0 atom stereocenters. The Bertz CT molecular complexity index is 1280. The Labute approximate surface area is 220 Å². The van der Waals surface area contributed by atoms with E-state index in [4.69, 9.17) is 37.8 Å². The zero-order chi connectivity index (χ0) is 25.8. The van der Waals surface area contributed by atoms with Crippen molar-refractivity contribution in [1.29, 1.82) is 0 Å². The number of hydrogen-bond acceptors (Lipinski definition) is 5. The van der Waals surface area contributed by atoms with Crippen LogP contribution in [0.2, 0.25) is 10.0 Å². The van der Waals surface area contributed by atoms with Gasteiger partial charge in [-0.3, -0.25) is 4.79 Å². The van der Waals surface area contributed by atoms with Gasteiger partial charge in [0.05, 0.1) is 35.7 Å². The van der Waals surface area contributed by atoms with E-state index in [1.54, 1.807) is 48.0 Å². The van der Waals surface area contributed by atoms with Crippen LogP contribution in [0, 0.1) is 6.92 Å². The highest BCUT2D eigenvalue weighted by atomic mass is 35.5. The summed E-state index contributed by atoms with van der Waals surface area (Å²) in [4.78, 5) is 26.3. The second-order valence-electron chi connectivity index (χ2n) is 8.77. The van der Waals surface area contributed by atoms with Crippen LogP contribution in [0.4, 0.5) is 0 Å². The first-order valence-electron chi connectivity index (χ1n) is 12.1. The summed E-state index contributed by atoms with van der Waals surface area (Å²) in [5, 5.41) is 8.66. The van der Waals surface area contributed by atoms with Crippen molar-refractivity contribution in [1.82, 2.24) is 15.1 Å². The fourth-order valence-electron chi connectivity index (χ4n) is 4.59. The lowest BCUT2D eigenvalue weighted by atomic mass is 9.95. The number of benzene rings is 2. The summed E-state index contributed by atoms with van der Waals surface area (Å²) in [6.07, 6.45) is 5.28. The Morgan fingerprint density at radius 2 is 1.86 bits per heavy atom. The van der Waals surface area contributed by atoms with Gasteiger partial charge in [0.1, 0.15) is 5.75 Å². The van der Waals surface area contributed by atoms with Crippen LogP contribution in [-0.4, -0.2) is 41.4 Å². The van der Waals surface area contributed by atoms with Crippen molar-refractivity contribution >= 4 is 35.1 Å². The molecule has 1 aliphatic rings. The zero-order valence-electron chi connectivity index (χ0n) is 20.6. The van der Waals surface area contributed by atoms with Crippen molar-refractivity contribution in [3.05, 3.63) is 63.3 Å². The molecule has 1 aliphatic carbocycles. The Kier molecular flexibility index (Phi) is 8.21. The molecule has 0 unspecified atom stereocenters. The molecule has 1 amide bonds. The molecule has 1 aromatic heterocycles. The third-order valence-electron chi connectivity index (χ3n) is 6.39. The van der Waals surface area contributed by atoms with Gasteiger partial charge in [-0.15, -0.1) is 0 Å². The number of carbonyl (C=O) groups excluding carboxylic acids is 2. The summed E-state index contributed by atoms with van der Waals surface area (Å²) in [5.41, 5.74) is 2.81. The smallest absolute Gasteiger partial charge is 0.338 e. The number of hydrogen-bond donors (Lipinski definition) is 1. The largest absolute Gasteiger partial charge is 0.497 e. The first-order valence-corrected chi connectivity index (χ1v) is 12.8. The standard InChI is InChI=1S/C27H29Cl2N3O4/c1-4-36-27(34)21-15-19(35-3)11-12-20(21)25-16(2)24(26(33)30-18-8-6-5-7-9-18)31-32(25)23-13-10-17(28)14-22(23)29/h10-15,18H,4-9H2,1-3H3,(H,30,33). The SMILES string of the molecule is CCOC(=O)c1cc(OC)ccc1-c1c(C)c(C(=O)NC2CCCCC2)nn1-c1ccc(Cl)cc1Cl. The average molecular weight is 530 g/mol. The van der Waals surface area contributed by atoms with Crippen molar-refractivity contribution < 1.29 is 19.1 Å². The molecular formula is C27H29Cl2N3O4. The van der Waals surface area contributed by atoms with Gasteiger partial charge in [0.25, 0.3) is 5.91 Å². The number of methoxy groups -OCH3 is 1. The van der Waals surface area contributed by atoms with E-state index < -0.39 is 5.97 Å². The maximum absolute atomic E-state index is 13.4. The summed E-state index contributed by atoms with van der Waals surface area (Å²) in [7, 11) is 1.53. The van der Waals surface area contributed by atoms with Gasteiger partial charge in [0, 0.05) is 22.2 Å². The van der Waals surface area contributed by atoms with Crippen molar-refractivity contribution in [2.24, 2.45) is 0 Å². The molecule has 9 heteroatoms. The maximum Gasteiger partial charge on any atom is 0.338 e. The third kappa shape index (κ3) is 5.37. The van der Waals surface area contributed by atoms with Gasteiger partial charge in [0.2, 0.25) is 0 Å². The van der Waals surface area contributed by atoms with Gasteiger partial charge in [-0.05, 0) is 63.1 Å². The summed E-state index contributed by atoms with van der Waals surface area (Å²) in [5.74, 6) is -0.255. The molecule has 1 saturated carbocycles. The highest BCUT2D eigenvalue weighted by molar-refractivity contribution is 6.35. The number of nitrogens with one attached hydrogen (secondary N) is 1. The van der Waals surface area contributed by atoms with Gasteiger partial charge in [-0.1, -0.05) is 42.5 Å². The minimum atomic E-state index is -0.506. The molecule has 1 heterocycles. The second kappa shape index (κ2) is 11.4. The molecule has 0 bridgehead atoms. The van der Waals surface area contributed by atoms with Crippen molar-refractivity contribution in [3.8, 4) is 22.7 Å². The van der Waals surface area contributed by atoms with E-state index in [-0.39, 0.29) is 24.2 Å². The predicted molar refractivity (Wildman–Crippen MR) is 141 cm³/mol. The molecule has 0 aliphatic heterocycles. The number of halogens is 2. The molecule has 4 rings (SSSR count). The van der Waals surface area contributed by atoms with E-state index in [2.05, 4.69) is 5.32 Å². The number of nitrogens with zero attached hydrogens (tertiary/aromatic N) is 2. The summed E-state index contributed by atoms with van der Waals surface area (Å²) >= 11 is 12.7. The Morgan fingerprint density at radius 3 is 2.53 bits per heavy atom. The number of esters is 1. The normalized spacial score (nSPS) is 13.9. The molecule has 1 fully saturated rings. The van der Waals surface area contributed by atoms with Crippen LogP contribution >= 0.6 is 23.2 Å². The number of rotatable bonds is 7. The molecule has 1 N–H and O–H groups in total. The fourth-order valence-corrected chi connectivity index (χ4v) is 5.08. The van der Waals surface area contributed by atoms with Crippen LogP contribution < -0.4 is 10.1 Å². The fraction of sp³-hybridized carbons (Fsp3) is 0.370. The molecule has 7 nitrogen and oxygen atoms in total. The molecule has 0 spiro atoms. The molecule has 3 aromatic rings. The highest BCUT2D eigenvalue weighted by Gasteiger charge is 2.28. The van der Waals surface area contributed by atoms with Crippen molar-refractivity contribution in [3.63, 3.8) is 0 Å². The topological polar surface area (TPSA) is 82.4 Å². The minimum Gasteiger partial charge on any atom is -0.497 e. The lowest BCUT2D eigenvalue weighted by Gasteiger charge is -2.22. The van der Waals surface area contributed by atoms with Crippen LogP contribution in [0.3, 0.4) is 0 Å². The lowest BCUT2D eigenvalue weighted by molar-refractivity contribution is 0.0526.